The van der Waals surface area contributed by atoms with Crippen LogP contribution in [0.1, 0.15) is 69.0 Å². The van der Waals surface area contributed by atoms with Gasteiger partial charge < -0.3 is 10.7 Å². The first-order valence-electron chi connectivity index (χ1n) is 8.04. The normalized spacial score (nSPS) is 18.8. The molecule has 0 bridgehead atoms. The first-order valence-corrected chi connectivity index (χ1v) is 8.04. The fraction of sp³-hybridized carbons (Fsp3) is 0.556. The SMILES string of the molecule is CC(C)c1cccc2c(C(N)C3CCCCC3)c[nH]c12. The molecule has 1 atom stereocenters. The van der Waals surface area contributed by atoms with Crippen molar-refractivity contribution in [3.8, 4) is 0 Å². The van der Waals surface area contributed by atoms with Gasteiger partial charge in [0.05, 0.1) is 0 Å². The monoisotopic (exact) mass is 270 g/mol. The third-order valence-corrected chi connectivity index (χ3v) is 4.92. The molecule has 1 heterocycles. The third kappa shape index (κ3) is 2.37. The van der Waals surface area contributed by atoms with Crippen LogP contribution in [0.3, 0.4) is 0 Å². The molecule has 1 unspecified atom stereocenters. The van der Waals surface area contributed by atoms with Crippen LogP contribution in [0.25, 0.3) is 10.9 Å². The second-order valence-corrected chi connectivity index (χ2v) is 6.59. The van der Waals surface area contributed by atoms with Crippen LogP contribution in [-0.4, -0.2) is 4.98 Å². The van der Waals surface area contributed by atoms with Gasteiger partial charge in [-0.25, -0.2) is 0 Å². The van der Waals surface area contributed by atoms with Crippen LogP contribution in [0.5, 0.6) is 0 Å². The largest absolute Gasteiger partial charge is 0.361 e. The lowest BCUT2D eigenvalue weighted by atomic mass is 9.81. The van der Waals surface area contributed by atoms with Crippen molar-refractivity contribution < 1.29 is 0 Å². The fourth-order valence-corrected chi connectivity index (χ4v) is 3.70. The highest BCUT2D eigenvalue weighted by molar-refractivity contribution is 5.86. The van der Waals surface area contributed by atoms with Gasteiger partial charge in [0.25, 0.3) is 0 Å². The van der Waals surface area contributed by atoms with E-state index in [1.807, 2.05) is 0 Å². The zero-order valence-electron chi connectivity index (χ0n) is 12.7. The predicted octanol–water partition coefficient (Wildman–Crippen LogP) is 4.87. The van der Waals surface area contributed by atoms with Crippen molar-refractivity contribution in [2.75, 3.05) is 0 Å². The predicted molar refractivity (Wildman–Crippen MR) is 85.9 cm³/mol. The number of benzene rings is 1. The molecule has 3 rings (SSSR count). The Morgan fingerprint density at radius 1 is 1.10 bits per heavy atom. The Hall–Kier alpha value is -1.28. The number of fused-ring (bicyclic) bond motifs is 1. The fourth-order valence-electron chi connectivity index (χ4n) is 3.70. The van der Waals surface area contributed by atoms with Crippen molar-refractivity contribution in [2.24, 2.45) is 11.7 Å². The highest BCUT2D eigenvalue weighted by Gasteiger charge is 2.24. The van der Waals surface area contributed by atoms with Gasteiger partial charge in [-0.15, -0.1) is 0 Å². The number of rotatable bonds is 3. The molecular weight excluding hydrogens is 244 g/mol. The molecule has 1 aromatic carbocycles. The second kappa shape index (κ2) is 5.61. The van der Waals surface area contributed by atoms with Gasteiger partial charge in [0.2, 0.25) is 0 Å². The van der Waals surface area contributed by atoms with Gasteiger partial charge in [-0.2, -0.15) is 0 Å². The summed E-state index contributed by atoms with van der Waals surface area (Å²) >= 11 is 0. The molecule has 0 saturated heterocycles. The van der Waals surface area contributed by atoms with Gasteiger partial charge in [0.1, 0.15) is 0 Å². The molecule has 0 radical (unpaired) electrons. The van der Waals surface area contributed by atoms with Crippen LogP contribution in [0.4, 0.5) is 0 Å². The first-order chi connectivity index (χ1) is 9.68. The van der Waals surface area contributed by atoms with E-state index in [4.69, 9.17) is 5.73 Å². The molecule has 1 fully saturated rings. The summed E-state index contributed by atoms with van der Waals surface area (Å²) in [5.41, 5.74) is 10.6. The Morgan fingerprint density at radius 2 is 1.85 bits per heavy atom. The summed E-state index contributed by atoms with van der Waals surface area (Å²) in [6.45, 7) is 4.49. The molecule has 1 aromatic heterocycles. The van der Waals surface area contributed by atoms with Gasteiger partial charge in [0, 0.05) is 23.1 Å². The van der Waals surface area contributed by atoms with E-state index in [-0.39, 0.29) is 6.04 Å². The highest BCUT2D eigenvalue weighted by Crippen LogP contribution is 2.37. The summed E-state index contributed by atoms with van der Waals surface area (Å²) in [5, 5.41) is 1.33. The van der Waals surface area contributed by atoms with Crippen LogP contribution in [-0.2, 0) is 0 Å². The van der Waals surface area contributed by atoms with E-state index < -0.39 is 0 Å². The molecule has 108 valence electrons. The maximum atomic E-state index is 6.59. The molecule has 2 aromatic rings. The topological polar surface area (TPSA) is 41.8 Å². The van der Waals surface area contributed by atoms with Crippen molar-refractivity contribution >= 4 is 10.9 Å². The Bertz CT molecular complexity index is 576. The van der Waals surface area contributed by atoms with Gasteiger partial charge in [-0.1, -0.05) is 51.3 Å². The molecule has 1 saturated carbocycles. The number of hydrogen-bond acceptors (Lipinski definition) is 1. The number of nitrogens with two attached hydrogens (primary N) is 1. The summed E-state index contributed by atoms with van der Waals surface area (Å²) in [7, 11) is 0. The summed E-state index contributed by atoms with van der Waals surface area (Å²) < 4.78 is 0. The summed E-state index contributed by atoms with van der Waals surface area (Å²) in [4.78, 5) is 3.48. The lowest BCUT2D eigenvalue weighted by Gasteiger charge is -2.27. The molecule has 20 heavy (non-hydrogen) atoms. The number of aromatic amines is 1. The summed E-state index contributed by atoms with van der Waals surface area (Å²) in [5.74, 6) is 1.20. The van der Waals surface area contributed by atoms with Gasteiger partial charge in [0.15, 0.2) is 0 Å². The van der Waals surface area contributed by atoms with Crippen LogP contribution >= 0.6 is 0 Å². The third-order valence-electron chi connectivity index (χ3n) is 4.92. The van der Waals surface area contributed by atoms with E-state index in [1.54, 1.807) is 0 Å². The van der Waals surface area contributed by atoms with Crippen molar-refractivity contribution in [3.63, 3.8) is 0 Å². The minimum atomic E-state index is 0.187. The second-order valence-electron chi connectivity index (χ2n) is 6.59. The lowest BCUT2D eigenvalue weighted by molar-refractivity contribution is 0.309. The highest BCUT2D eigenvalue weighted by atomic mass is 14.7. The maximum Gasteiger partial charge on any atom is 0.0492 e. The molecule has 3 N–H and O–H groups in total. The Morgan fingerprint density at radius 3 is 2.55 bits per heavy atom. The van der Waals surface area contributed by atoms with Gasteiger partial charge >= 0.3 is 0 Å². The summed E-state index contributed by atoms with van der Waals surface area (Å²) in [6, 6.07) is 6.80. The minimum absolute atomic E-state index is 0.187. The number of aromatic nitrogens is 1. The van der Waals surface area contributed by atoms with Gasteiger partial charge in [-0.3, -0.25) is 0 Å². The summed E-state index contributed by atoms with van der Waals surface area (Å²) in [6.07, 6.45) is 8.80. The molecule has 1 aliphatic rings. The van der Waals surface area contributed by atoms with Crippen molar-refractivity contribution in [1.82, 2.24) is 4.98 Å². The molecule has 0 spiro atoms. The van der Waals surface area contributed by atoms with Crippen LogP contribution in [0, 0.1) is 5.92 Å². The molecule has 1 aliphatic carbocycles. The average Bonchev–Trinajstić information content (AvgIpc) is 2.91. The Balaban J connectivity index is 1.97. The number of nitrogens with one attached hydrogen (secondary N) is 1. The van der Waals surface area contributed by atoms with Crippen LogP contribution in [0.15, 0.2) is 24.4 Å². The standard InChI is InChI=1S/C18H26N2/c1-12(2)14-9-6-10-15-16(11-20-18(14)15)17(19)13-7-4-3-5-8-13/h6,9-13,17,20H,3-5,7-8,19H2,1-2H3. The van der Waals surface area contributed by atoms with Crippen molar-refractivity contribution in [1.29, 1.82) is 0 Å². The van der Waals surface area contributed by atoms with Crippen molar-refractivity contribution in [3.05, 3.63) is 35.5 Å². The Kier molecular flexibility index (Phi) is 3.84. The van der Waals surface area contributed by atoms with E-state index in [9.17, 15) is 0 Å². The first kappa shape index (κ1) is 13.7. The lowest BCUT2D eigenvalue weighted by Crippen LogP contribution is -2.23. The molecule has 0 amide bonds. The maximum absolute atomic E-state index is 6.59. The zero-order valence-corrected chi connectivity index (χ0v) is 12.7. The number of H-pyrrole nitrogens is 1. The molecule has 0 aliphatic heterocycles. The van der Waals surface area contributed by atoms with Crippen molar-refractivity contribution in [2.45, 2.75) is 57.9 Å². The van der Waals surface area contributed by atoms with Crippen LogP contribution in [0.2, 0.25) is 0 Å². The quantitative estimate of drug-likeness (QED) is 0.820. The molecule has 2 heteroatoms. The van der Waals surface area contributed by atoms with E-state index in [0.717, 1.165) is 0 Å². The van der Waals surface area contributed by atoms with Crippen LogP contribution < -0.4 is 5.73 Å². The zero-order chi connectivity index (χ0) is 14.1. The Labute approximate surface area is 121 Å². The minimum Gasteiger partial charge on any atom is -0.361 e. The van der Waals surface area contributed by atoms with E-state index in [2.05, 4.69) is 43.2 Å². The average molecular weight is 270 g/mol. The molecular formula is C18H26N2. The van der Waals surface area contributed by atoms with Gasteiger partial charge in [-0.05, 0) is 35.8 Å². The van der Waals surface area contributed by atoms with E-state index in [0.29, 0.717) is 11.8 Å². The molecule has 2 nitrogen and oxygen atoms in total. The van der Waals surface area contributed by atoms with E-state index >= 15 is 0 Å². The number of para-hydroxylation sites is 1. The number of hydrogen-bond donors (Lipinski definition) is 2. The van der Waals surface area contributed by atoms with E-state index in [1.165, 1.54) is 54.1 Å². The smallest absolute Gasteiger partial charge is 0.0492 e.